The molecule has 0 spiro atoms. The van der Waals surface area contributed by atoms with Gasteiger partial charge in [-0.15, -0.1) is 0 Å². The van der Waals surface area contributed by atoms with E-state index in [9.17, 15) is 30.0 Å². The van der Waals surface area contributed by atoms with Gasteiger partial charge in [-0.25, -0.2) is 0 Å². The van der Waals surface area contributed by atoms with E-state index in [1.54, 1.807) is 12.1 Å². The number of phenolic OH excluding ortho intramolecular Hbond substituents is 2. The summed E-state index contributed by atoms with van der Waals surface area (Å²) < 4.78 is 0. The van der Waals surface area contributed by atoms with Crippen molar-refractivity contribution in [2.75, 3.05) is 63.1 Å². The van der Waals surface area contributed by atoms with Gasteiger partial charge in [-0.2, -0.15) is 0 Å². The summed E-state index contributed by atoms with van der Waals surface area (Å²) in [5.74, 6) is -1.85. The van der Waals surface area contributed by atoms with Crippen LogP contribution in [0.15, 0.2) is 54.6 Å². The molecule has 4 rings (SSSR count). The van der Waals surface area contributed by atoms with E-state index in [4.69, 9.17) is 10.2 Å². The van der Waals surface area contributed by atoms with Crippen molar-refractivity contribution >= 4 is 23.2 Å². The lowest BCUT2D eigenvalue weighted by Gasteiger charge is -2.27. The molecule has 13 nitrogen and oxygen atoms in total. The van der Waals surface area contributed by atoms with E-state index in [0.29, 0.717) is 50.4 Å². The number of aromatic hydroxyl groups is 2. The molecule has 0 aliphatic carbocycles. The molecular formula is C35H47N5O8. The van der Waals surface area contributed by atoms with Crippen molar-refractivity contribution in [2.45, 2.75) is 45.7 Å². The molecule has 1 heterocycles. The lowest BCUT2D eigenvalue weighted by Crippen LogP contribution is -2.35. The summed E-state index contributed by atoms with van der Waals surface area (Å²) in [6.07, 6.45) is -3.22. The summed E-state index contributed by atoms with van der Waals surface area (Å²) >= 11 is 0. The number of hydrogen-bond acceptors (Lipinski definition) is 11. The number of nitrogens with one attached hydrogen (secondary N) is 2. The van der Waals surface area contributed by atoms with Crippen LogP contribution < -0.4 is 10.6 Å². The minimum absolute atomic E-state index is 0.109. The molecule has 48 heavy (non-hydrogen) atoms. The van der Waals surface area contributed by atoms with Crippen molar-refractivity contribution in [3.8, 4) is 11.5 Å². The maximum absolute atomic E-state index is 12.3. The zero-order chi connectivity index (χ0) is 34.8. The Labute approximate surface area is 280 Å². The van der Waals surface area contributed by atoms with E-state index in [2.05, 4.69) is 37.5 Å². The second-order valence-electron chi connectivity index (χ2n) is 12.3. The lowest BCUT2D eigenvalue weighted by atomic mass is 10.1. The Balaban J connectivity index is 1.57. The van der Waals surface area contributed by atoms with Crippen LogP contribution in [0, 0.1) is 13.8 Å². The number of aryl methyl sites for hydroxylation is 2. The highest BCUT2D eigenvalue weighted by Crippen LogP contribution is 2.32. The summed E-state index contributed by atoms with van der Waals surface area (Å²) in [5, 5.41) is 65.0. The molecule has 0 bridgehead atoms. The molecule has 13 heteroatoms. The largest absolute Gasteiger partial charge is 0.505 e. The zero-order valence-electron chi connectivity index (χ0n) is 27.5. The number of hydrogen-bond donors (Lipinski definition) is 8. The van der Waals surface area contributed by atoms with Crippen LogP contribution in [0.2, 0.25) is 0 Å². The van der Waals surface area contributed by atoms with Crippen molar-refractivity contribution in [3.63, 3.8) is 0 Å². The number of benzene rings is 3. The first-order chi connectivity index (χ1) is 23.0. The number of aliphatic hydroxyl groups is 4. The molecule has 1 aliphatic heterocycles. The van der Waals surface area contributed by atoms with Crippen molar-refractivity contribution in [2.24, 2.45) is 0 Å². The monoisotopic (exact) mass is 665 g/mol. The standard InChI is InChI=1S/C35H47N5O8/c1-23-14-26(32(45)28(16-23)36-34(47)30(43)21-41)19-39-10-8-38(18-25-6-4-3-5-7-25)9-11-40(13-12-39)20-27-15-24(2)17-29(33(27)46)37-35(48)31(44)22-42/h3-7,14-17,30-31,41-46H,8-13,18-22H2,1-2H3,(H,36,47)(H,37,48). The molecule has 0 aromatic heterocycles. The molecule has 1 saturated heterocycles. The Morgan fingerprint density at radius 1 is 0.646 bits per heavy atom. The van der Waals surface area contributed by atoms with Gasteiger partial charge in [0.15, 0.2) is 12.2 Å². The highest BCUT2D eigenvalue weighted by molar-refractivity contribution is 5.96. The molecule has 8 N–H and O–H groups in total. The second kappa shape index (κ2) is 17.4. The summed E-state index contributed by atoms with van der Waals surface area (Å²) in [5.41, 5.74) is 4.30. The summed E-state index contributed by atoms with van der Waals surface area (Å²) in [7, 11) is 0. The van der Waals surface area contributed by atoms with Crippen molar-refractivity contribution in [1.29, 1.82) is 0 Å². The molecule has 2 atom stereocenters. The first kappa shape index (κ1) is 36.8. The van der Waals surface area contributed by atoms with Gasteiger partial charge in [0.25, 0.3) is 11.8 Å². The number of phenols is 2. The van der Waals surface area contributed by atoms with E-state index < -0.39 is 37.2 Å². The average Bonchev–Trinajstić information content (AvgIpc) is 3.15. The molecule has 1 fully saturated rings. The maximum atomic E-state index is 12.3. The molecule has 2 amide bonds. The molecule has 1 aliphatic rings. The Morgan fingerprint density at radius 2 is 1.02 bits per heavy atom. The van der Waals surface area contributed by atoms with Crippen LogP contribution in [0.5, 0.6) is 11.5 Å². The minimum Gasteiger partial charge on any atom is -0.505 e. The highest BCUT2D eigenvalue weighted by atomic mass is 16.3. The van der Waals surface area contributed by atoms with E-state index in [0.717, 1.165) is 30.8 Å². The molecule has 2 unspecified atom stereocenters. The fourth-order valence-electron chi connectivity index (χ4n) is 5.72. The van der Waals surface area contributed by atoms with Gasteiger partial charge in [0.1, 0.15) is 11.5 Å². The van der Waals surface area contributed by atoms with Gasteiger partial charge in [0, 0.05) is 70.0 Å². The van der Waals surface area contributed by atoms with E-state index in [1.807, 2.05) is 44.2 Å². The van der Waals surface area contributed by atoms with Gasteiger partial charge in [0.2, 0.25) is 0 Å². The fraction of sp³-hybridized carbons (Fsp3) is 0.429. The average molecular weight is 666 g/mol. The lowest BCUT2D eigenvalue weighted by molar-refractivity contribution is -0.126. The molecule has 3 aromatic rings. The van der Waals surface area contributed by atoms with Gasteiger partial charge in [-0.3, -0.25) is 24.3 Å². The second-order valence-corrected chi connectivity index (χ2v) is 12.3. The predicted molar refractivity (Wildman–Crippen MR) is 181 cm³/mol. The number of rotatable bonds is 12. The number of carbonyl (C=O) groups is 2. The Hall–Kier alpha value is -4.08. The van der Waals surface area contributed by atoms with Crippen LogP contribution in [0.4, 0.5) is 11.4 Å². The SMILES string of the molecule is Cc1cc(CN2CCN(Cc3ccccc3)CCN(Cc3cc(C)cc(NC(=O)C(O)CO)c3O)CC2)c(O)c(NC(=O)C(O)CO)c1. The summed E-state index contributed by atoms with van der Waals surface area (Å²) in [4.78, 5) is 31.3. The third-order valence-electron chi connectivity index (χ3n) is 8.37. The van der Waals surface area contributed by atoms with Gasteiger partial charge in [0.05, 0.1) is 24.6 Å². The van der Waals surface area contributed by atoms with E-state index in [1.165, 1.54) is 5.56 Å². The van der Waals surface area contributed by atoms with Crippen molar-refractivity contribution in [1.82, 2.24) is 14.7 Å². The summed E-state index contributed by atoms with van der Waals surface area (Å²) in [6, 6.07) is 17.1. The van der Waals surface area contributed by atoms with Crippen molar-refractivity contribution in [3.05, 3.63) is 82.4 Å². The van der Waals surface area contributed by atoms with Gasteiger partial charge in [-0.05, 0) is 42.7 Å². The molecule has 0 radical (unpaired) electrons. The van der Waals surface area contributed by atoms with E-state index >= 15 is 0 Å². The quantitative estimate of drug-likeness (QED) is 0.130. The highest BCUT2D eigenvalue weighted by Gasteiger charge is 2.23. The smallest absolute Gasteiger partial charge is 0.255 e. The molecule has 0 saturated carbocycles. The third-order valence-corrected chi connectivity index (χ3v) is 8.37. The van der Waals surface area contributed by atoms with Gasteiger partial charge in [-0.1, -0.05) is 42.5 Å². The van der Waals surface area contributed by atoms with Crippen LogP contribution in [-0.2, 0) is 29.2 Å². The number of aliphatic hydroxyl groups excluding tert-OH is 4. The fourth-order valence-corrected chi connectivity index (χ4v) is 5.72. The van der Waals surface area contributed by atoms with Crippen LogP contribution >= 0.6 is 0 Å². The van der Waals surface area contributed by atoms with Crippen LogP contribution in [0.25, 0.3) is 0 Å². The topological polar surface area (TPSA) is 189 Å². The van der Waals surface area contributed by atoms with Gasteiger partial charge < -0.3 is 41.3 Å². The zero-order valence-corrected chi connectivity index (χ0v) is 27.5. The summed E-state index contributed by atoms with van der Waals surface area (Å²) in [6.45, 7) is 7.84. The minimum atomic E-state index is -1.61. The van der Waals surface area contributed by atoms with Gasteiger partial charge >= 0.3 is 0 Å². The number of amides is 2. The Kier molecular flexibility index (Phi) is 13.3. The van der Waals surface area contributed by atoms with Crippen LogP contribution in [0.1, 0.15) is 27.8 Å². The number of nitrogens with zero attached hydrogens (tertiary/aromatic N) is 3. The van der Waals surface area contributed by atoms with Crippen LogP contribution in [0.3, 0.4) is 0 Å². The maximum Gasteiger partial charge on any atom is 0.255 e. The van der Waals surface area contributed by atoms with E-state index in [-0.39, 0.29) is 22.9 Å². The molecular weight excluding hydrogens is 618 g/mol. The predicted octanol–water partition coefficient (Wildman–Crippen LogP) is 1.12. The molecule has 3 aromatic carbocycles. The first-order valence-electron chi connectivity index (χ1n) is 16.0. The third kappa shape index (κ3) is 10.2. The Morgan fingerprint density at radius 3 is 1.40 bits per heavy atom. The Bertz CT molecular complexity index is 1450. The van der Waals surface area contributed by atoms with Crippen LogP contribution in [-0.4, -0.2) is 122 Å². The number of anilines is 2. The first-order valence-corrected chi connectivity index (χ1v) is 16.0. The normalized spacial score (nSPS) is 16.4. The molecule has 260 valence electrons. The van der Waals surface area contributed by atoms with Crippen molar-refractivity contribution < 1.29 is 40.2 Å². The number of carbonyl (C=O) groups excluding carboxylic acids is 2.